The topological polar surface area (TPSA) is 64.6 Å². The Hall–Kier alpha value is -2.47. The van der Waals surface area contributed by atoms with E-state index in [9.17, 15) is 9.59 Å². The molecule has 0 saturated heterocycles. The van der Waals surface area contributed by atoms with Crippen LogP contribution in [0.3, 0.4) is 0 Å². The molecule has 28 heavy (non-hydrogen) atoms. The third-order valence-corrected chi connectivity index (χ3v) is 4.50. The van der Waals surface area contributed by atoms with Gasteiger partial charge in [0.05, 0.1) is 12.5 Å². The molecule has 0 aromatic heterocycles. The van der Waals surface area contributed by atoms with Crippen molar-refractivity contribution in [3.8, 4) is 0 Å². The second kappa shape index (κ2) is 12.1. The summed E-state index contributed by atoms with van der Waals surface area (Å²) < 4.78 is 10.6. The average molecular weight is 404 g/mol. The highest BCUT2D eigenvalue weighted by atomic mass is 32.2. The van der Waals surface area contributed by atoms with Crippen LogP contribution in [0.5, 0.6) is 0 Å². The largest absolute Gasteiger partial charge is 0.461 e. The number of thioether (sulfide) groups is 1. The minimum atomic E-state index is -0.615. The number of alkyl carbamates (subject to hydrolysis) is 1. The number of hydrogen-bond acceptors (Lipinski definition) is 5. The van der Waals surface area contributed by atoms with Crippen LogP contribution in [0.15, 0.2) is 72.2 Å². The lowest BCUT2D eigenvalue weighted by Crippen LogP contribution is -2.41. The number of rotatable bonds is 10. The minimum absolute atomic E-state index is 0.0393. The average Bonchev–Trinajstić information content (AvgIpc) is 2.62. The molecule has 1 amide bonds. The zero-order valence-corrected chi connectivity index (χ0v) is 17.6. The van der Waals surface area contributed by atoms with E-state index in [-0.39, 0.29) is 13.0 Å². The van der Waals surface area contributed by atoms with Gasteiger partial charge in [-0.3, -0.25) is 4.79 Å². The van der Waals surface area contributed by atoms with E-state index in [2.05, 4.69) is 18.5 Å². The lowest BCUT2D eigenvalue weighted by molar-refractivity contribution is -0.143. The van der Waals surface area contributed by atoms with E-state index in [0.717, 1.165) is 10.5 Å². The highest BCUT2D eigenvalue weighted by Crippen LogP contribution is 2.19. The van der Waals surface area contributed by atoms with Gasteiger partial charge in [0.2, 0.25) is 0 Å². The summed E-state index contributed by atoms with van der Waals surface area (Å²) in [6.45, 7) is 12.8. The summed E-state index contributed by atoms with van der Waals surface area (Å²) in [4.78, 5) is 25.4. The molecule has 0 saturated carbocycles. The monoisotopic (exact) mass is 403 g/mol. The highest BCUT2D eigenvalue weighted by Gasteiger charge is 2.22. The van der Waals surface area contributed by atoms with E-state index in [4.69, 9.17) is 9.47 Å². The Kier molecular flexibility index (Phi) is 10.2. The molecule has 1 atom stereocenters. The highest BCUT2D eigenvalue weighted by molar-refractivity contribution is 7.99. The van der Waals surface area contributed by atoms with Crippen LogP contribution in [-0.4, -0.2) is 36.1 Å². The molecule has 0 aliphatic rings. The van der Waals surface area contributed by atoms with Gasteiger partial charge in [-0.05, 0) is 38.5 Å². The smallest absolute Gasteiger partial charge is 0.407 e. The van der Waals surface area contributed by atoms with E-state index in [1.165, 1.54) is 0 Å². The van der Waals surface area contributed by atoms with Crippen molar-refractivity contribution < 1.29 is 19.1 Å². The van der Waals surface area contributed by atoms with Crippen LogP contribution in [0.25, 0.3) is 0 Å². The molecule has 1 aromatic carbocycles. The van der Waals surface area contributed by atoms with Crippen molar-refractivity contribution >= 4 is 23.8 Å². The summed E-state index contributed by atoms with van der Waals surface area (Å²) in [7, 11) is 0. The number of amides is 1. The van der Waals surface area contributed by atoms with Crippen LogP contribution in [0.2, 0.25) is 0 Å². The number of esters is 1. The van der Waals surface area contributed by atoms with Crippen LogP contribution in [-0.2, 0) is 14.3 Å². The Labute approximate surface area is 171 Å². The first-order valence-corrected chi connectivity index (χ1v) is 9.99. The van der Waals surface area contributed by atoms with Crippen molar-refractivity contribution in [1.82, 2.24) is 5.32 Å². The standard InChI is InChI=1S/C22H29NO4S/c1-6-11-17(7-2)15-26-20(24)14-18(23-21(25)27-22(3,4)5)16-28-19-12-9-8-10-13-19/h6-13,18H,1-2,14-16H2,3-5H3,(H,23,25)/b17-11+. The Balaban J connectivity index is 2.68. The van der Waals surface area contributed by atoms with Crippen molar-refractivity contribution in [3.05, 3.63) is 67.3 Å². The lowest BCUT2D eigenvalue weighted by atomic mass is 10.2. The molecule has 152 valence electrons. The molecule has 0 radical (unpaired) electrons. The summed E-state index contributed by atoms with van der Waals surface area (Å²) in [6.07, 6.45) is 4.42. The summed E-state index contributed by atoms with van der Waals surface area (Å²) in [5.74, 6) is 0.0985. The van der Waals surface area contributed by atoms with Gasteiger partial charge in [-0.2, -0.15) is 0 Å². The van der Waals surface area contributed by atoms with Gasteiger partial charge in [0.1, 0.15) is 12.2 Å². The second-order valence-corrected chi connectivity index (χ2v) is 8.11. The molecule has 0 heterocycles. The molecule has 6 heteroatoms. The predicted molar refractivity (Wildman–Crippen MR) is 114 cm³/mol. The first-order valence-electron chi connectivity index (χ1n) is 9.00. The molecular weight excluding hydrogens is 374 g/mol. The first-order chi connectivity index (χ1) is 13.2. The number of ether oxygens (including phenoxy) is 2. The fraction of sp³-hybridized carbons (Fsp3) is 0.364. The third-order valence-electron chi connectivity index (χ3n) is 3.32. The number of carbonyl (C=O) groups is 2. The summed E-state index contributed by atoms with van der Waals surface area (Å²) in [6, 6.07) is 9.34. The molecule has 5 nitrogen and oxygen atoms in total. The quantitative estimate of drug-likeness (QED) is 0.342. The SMILES string of the molecule is C=C/C=C(\C=C)COC(=O)CC(CSc1ccccc1)NC(=O)OC(C)(C)C. The summed E-state index contributed by atoms with van der Waals surface area (Å²) in [5.41, 5.74) is 0.134. The van der Waals surface area contributed by atoms with Gasteiger partial charge in [0.25, 0.3) is 0 Å². The molecule has 0 aliphatic carbocycles. The van der Waals surface area contributed by atoms with Gasteiger partial charge >= 0.3 is 12.1 Å². The molecule has 0 aliphatic heterocycles. The fourth-order valence-corrected chi connectivity index (χ4v) is 3.03. The maximum atomic E-state index is 12.2. The van der Waals surface area contributed by atoms with Crippen molar-refractivity contribution in [2.75, 3.05) is 12.4 Å². The third kappa shape index (κ3) is 10.6. The normalized spacial score (nSPS) is 12.6. The van der Waals surface area contributed by atoms with Crippen molar-refractivity contribution in [2.24, 2.45) is 0 Å². The number of hydrogen-bond donors (Lipinski definition) is 1. The Morgan fingerprint density at radius 1 is 1.21 bits per heavy atom. The Bertz CT molecular complexity index is 692. The minimum Gasteiger partial charge on any atom is -0.461 e. The molecule has 0 fully saturated rings. The van der Waals surface area contributed by atoms with E-state index in [1.54, 1.807) is 50.8 Å². The molecule has 1 rings (SSSR count). The lowest BCUT2D eigenvalue weighted by Gasteiger charge is -2.23. The van der Waals surface area contributed by atoms with Crippen LogP contribution in [0.1, 0.15) is 27.2 Å². The zero-order chi connectivity index (χ0) is 21.0. The van der Waals surface area contributed by atoms with E-state index in [1.807, 2.05) is 30.3 Å². The van der Waals surface area contributed by atoms with Crippen LogP contribution >= 0.6 is 11.8 Å². The number of allylic oxidation sites excluding steroid dienone is 2. The van der Waals surface area contributed by atoms with Crippen LogP contribution in [0.4, 0.5) is 4.79 Å². The second-order valence-electron chi connectivity index (χ2n) is 7.01. The number of benzene rings is 1. The van der Waals surface area contributed by atoms with Crippen molar-refractivity contribution in [1.29, 1.82) is 0 Å². The molecular formula is C22H29NO4S. The van der Waals surface area contributed by atoms with E-state index in [0.29, 0.717) is 5.75 Å². The molecule has 1 N–H and O–H groups in total. The summed E-state index contributed by atoms with van der Waals surface area (Å²) in [5, 5.41) is 2.77. The molecule has 0 bridgehead atoms. The van der Waals surface area contributed by atoms with Gasteiger partial charge in [0.15, 0.2) is 0 Å². The Morgan fingerprint density at radius 3 is 2.46 bits per heavy atom. The van der Waals surface area contributed by atoms with Crippen LogP contribution < -0.4 is 5.32 Å². The van der Waals surface area contributed by atoms with Crippen molar-refractivity contribution in [3.63, 3.8) is 0 Å². The fourth-order valence-electron chi connectivity index (χ4n) is 2.09. The number of nitrogens with one attached hydrogen (secondary N) is 1. The van der Waals surface area contributed by atoms with Crippen LogP contribution in [0, 0.1) is 0 Å². The molecule has 1 aromatic rings. The zero-order valence-electron chi connectivity index (χ0n) is 16.8. The summed E-state index contributed by atoms with van der Waals surface area (Å²) >= 11 is 1.55. The van der Waals surface area contributed by atoms with E-state index < -0.39 is 23.7 Å². The predicted octanol–water partition coefficient (Wildman–Crippen LogP) is 4.90. The van der Waals surface area contributed by atoms with Gasteiger partial charge in [0, 0.05) is 10.6 Å². The maximum absolute atomic E-state index is 12.2. The van der Waals surface area contributed by atoms with Gasteiger partial charge < -0.3 is 14.8 Å². The van der Waals surface area contributed by atoms with Gasteiger partial charge in [-0.15, -0.1) is 11.8 Å². The Morgan fingerprint density at radius 2 is 1.89 bits per heavy atom. The first kappa shape index (κ1) is 23.6. The maximum Gasteiger partial charge on any atom is 0.407 e. The van der Waals surface area contributed by atoms with Gasteiger partial charge in [-0.25, -0.2) is 4.79 Å². The number of carbonyl (C=O) groups excluding carboxylic acids is 2. The van der Waals surface area contributed by atoms with Crippen molar-refractivity contribution in [2.45, 2.75) is 43.7 Å². The van der Waals surface area contributed by atoms with E-state index >= 15 is 0 Å². The molecule has 0 spiro atoms. The van der Waals surface area contributed by atoms with Gasteiger partial charge in [-0.1, -0.05) is 49.6 Å². The molecule has 1 unspecified atom stereocenters.